The number of aromatic carboxylic acids is 1. The van der Waals surface area contributed by atoms with Gasteiger partial charge in [-0.15, -0.1) is 11.3 Å². The fourth-order valence-electron chi connectivity index (χ4n) is 1.68. The lowest BCUT2D eigenvalue weighted by molar-refractivity contribution is 0.0702. The van der Waals surface area contributed by atoms with E-state index in [-0.39, 0.29) is 16.8 Å². The molecule has 1 aromatic carbocycles. The normalized spacial score (nSPS) is 11.9. The van der Waals surface area contributed by atoms with Crippen LogP contribution < -0.4 is 5.32 Å². The van der Waals surface area contributed by atoms with Crippen LogP contribution in [0.1, 0.15) is 37.9 Å². The second-order valence-electron chi connectivity index (χ2n) is 4.22. The Labute approximate surface area is 125 Å². The largest absolute Gasteiger partial charge is 0.477 e. The molecule has 1 heterocycles. The number of carbonyl (C=O) groups excluding carboxylic acids is 1. The highest BCUT2D eigenvalue weighted by Gasteiger charge is 2.15. The fourth-order valence-corrected chi connectivity index (χ4v) is 2.55. The number of thiophene rings is 1. The van der Waals surface area contributed by atoms with Gasteiger partial charge < -0.3 is 10.4 Å². The average Bonchev–Trinajstić information content (AvgIpc) is 2.89. The van der Waals surface area contributed by atoms with Crippen molar-refractivity contribution in [2.45, 2.75) is 13.0 Å². The van der Waals surface area contributed by atoms with Crippen LogP contribution in [0.25, 0.3) is 0 Å². The molecule has 1 atom stereocenters. The van der Waals surface area contributed by atoms with Crippen molar-refractivity contribution in [3.05, 3.63) is 56.7 Å². The smallest absolute Gasteiger partial charge is 0.345 e. The Morgan fingerprint density at radius 3 is 2.30 bits per heavy atom. The summed E-state index contributed by atoms with van der Waals surface area (Å²) >= 11 is 6.77. The molecule has 0 aliphatic heterocycles. The molecule has 0 saturated heterocycles. The van der Waals surface area contributed by atoms with E-state index < -0.39 is 5.97 Å². The van der Waals surface area contributed by atoms with E-state index in [4.69, 9.17) is 16.7 Å². The predicted molar refractivity (Wildman–Crippen MR) is 78.6 cm³/mol. The molecule has 0 radical (unpaired) electrons. The number of nitrogens with one attached hydrogen (secondary N) is 1. The van der Waals surface area contributed by atoms with Crippen molar-refractivity contribution in [2.75, 3.05) is 0 Å². The molecule has 1 amide bonds. The van der Waals surface area contributed by atoms with E-state index in [1.54, 1.807) is 12.1 Å². The van der Waals surface area contributed by atoms with Gasteiger partial charge in [-0.25, -0.2) is 4.79 Å². The Hall–Kier alpha value is -1.85. The molecule has 0 bridgehead atoms. The third kappa shape index (κ3) is 3.37. The molecule has 0 spiro atoms. The summed E-state index contributed by atoms with van der Waals surface area (Å²) in [6, 6.07) is 9.94. The average molecular weight is 310 g/mol. The minimum Gasteiger partial charge on any atom is -0.477 e. The van der Waals surface area contributed by atoms with E-state index in [1.807, 2.05) is 19.1 Å². The van der Waals surface area contributed by atoms with Crippen molar-refractivity contribution in [3.8, 4) is 0 Å². The minimum absolute atomic E-state index is 0.147. The first-order chi connectivity index (χ1) is 9.47. The molecule has 2 aromatic rings. The zero-order chi connectivity index (χ0) is 14.7. The number of hydrogen-bond acceptors (Lipinski definition) is 3. The summed E-state index contributed by atoms with van der Waals surface area (Å²) in [4.78, 5) is 23.3. The highest BCUT2D eigenvalue weighted by Crippen LogP contribution is 2.19. The number of rotatable bonds is 4. The molecule has 0 saturated carbocycles. The number of carboxylic acid groups (broad SMARTS) is 1. The van der Waals surface area contributed by atoms with Gasteiger partial charge in [-0.3, -0.25) is 4.79 Å². The van der Waals surface area contributed by atoms with Gasteiger partial charge in [0.05, 0.1) is 10.9 Å². The number of carbonyl (C=O) groups is 2. The van der Waals surface area contributed by atoms with Crippen LogP contribution >= 0.6 is 22.9 Å². The first kappa shape index (κ1) is 14.6. The van der Waals surface area contributed by atoms with Gasteiger partial charge in [-0.05, 0) is 36.8 Å². The highest BCUT2D eigenvalue weighted by atomic mass is 35.5. The van der Waals surface area contributed by atoms with Crippen LogP contribution in [0.2, 0.25) is 5.02 Å². The monoisotopic (exact) mass is 309 g/mol. The van der Waals surface area contributed by atoms with Gasteiger partial charge in [0.15, 0.2) is 0 Å². The second-order valence-corrected chi connectivity index (χ2v) is 5.74. The lowest BCUT2D eigenvalue weighted by Crippen LogP contribution is -2.25. The van der Waals surface area contributed by atoms with Crippen molar-refractivity contribution in [3.63, 3.8) is 0 Å². The minimum atomic E-state index is -1.03. The number of benzene rings is 1. The van der Waals surface area contributed by atoms with Gasteiger partial charge in [-0.1, -0.05) is 23.7 Å². The number of carboxylic acids is 1. The summed E-state index contributed by atoms with van der Waals surface area (Å²) in [5.41, 5.74) is 0.928. The first-order valence-corrected chi connectivity index (χ1v) is 7.06. The summed E-state index contributed by atoms with van der Waals surface area (Å²) in [5, 5.41) is 12.3. The van der Waals surface area contributed by atoms with E-state index in [0.717, 1.165) is 16.9 Å². The summed E-state index contributed by atoms with van der Waals surface area (Å²) < 4.78 is 0. The topological polar surface area (TPSA) is 66.4 Å². The van der Waals surface area contributed by atoms with Gasteiger partial charge >= 0.3 is 5.97 Å². The molecule has 20 heavy (non-hydrogen) atoms. The van der Waals surface area contributed by atoms with Gasteiger partial charge in [-0.2, -0.15) is 0 Å². The second kappa shape index (κ2) is 6.07. The van der Waals surface area contributed by atoms with Crippen molar-refractivity contribution in [2.24, 2.45) is 0 Å². The number of amides is 1. The van der Waals surface area contributed by atoms with E-state index in [0.29, 0.717) is 9.90 Å². The molecular formula is C14H12ClNO3S. The van der Waals surface area contributed by atoms with E-state index >= 15 is 0 Å². The molecule has 0 aliphatic rings. The lowest BCUT2D eigenvalue weighted by Gasteiger charge is -2.13. The molecule has 104 valence electrons. The Kier molecular flexibility index (Phi) is 4.42. The Morgan fingerprint density at radius 2 is 1.75 bits per heavy atom. The molecule has 0 fully saturated rings. The standard InChI is InChI=1S/C14H12ClNO3S/c1-8(9-2-4-10(15)5-3-9)16-13(17)11-6-7-12(20-11)14(18)19/h2-8H,1H3,(H,16,17)(H,18,19)/t8-/m1/s1. The number of halogens is 1. The Morgan fingerprint density at radius 1 is 1.15 bits per heavy atom. The highest BCUT2D eigenvalue weighted by molar-refractivity contribution is 7.15. The van der Waals surface area contributed by atoms with E-state index in [2.05, 4.69) is 5.32 Å². The van der Waals surface area contributed by atoms with E-state index in [9.17, 15) is 9.59 Å². The third-order valence-corrected chi connectivity index (χ3v) is 4.08. The van der Waals surface area contributed by atoms with Crippen molar-refractivity contribution < 1.29 is 14.7 Å². The van der Waals surface area contributed by atoms with Crippen molar-refractivity contribution in [1.29, 1.82) is 0 Å². The van der Waals surface area contributed by atoms with Gasteiger partial charge in [0.1, 0.15) is 4.88 Å². The van der Waals surface area contributed by atoms with Gasteiger partial charge in [0, 0.05) is 5.02 Å². The van der Waals surface area contributed by atoms with Crippen LogP contribution in [-0.4, -0.2) is 17.0 Å². The molecule has 0 unspecified atom stereocenters. The molecule has 4 nitrogen and oxygen atoms in total. The Balaban J connectivity index is 2.06. The molecular weight excluding hydrogens is 298 g/mol. The first-order valence-electron chi connectivity index (χ1n) is 5.87. The van der Waals surface area contributed by atoms with Gasteiger partial charge in [0.2, 0.25) is 0 Å². The van der Waals surface area contributed by atoms with Crippen molar-refractivity contribution >= 4 is 34.8 Å². The summed E-state index contributed by atoms with van der Waals surface area (Å²) in [6.45, 7) is 1.85. The SMILES string of the molecule is C[C@@H](NC(=O)c1ccc(C(=O)O)s1)c1ccc(Cl)cc1. The molecule has 0 aliphatic carbocycles. The van der Waals surface area contributed by atoms with E-state index in [1.165, 1.54) is 12.1 Å². The molecule has 2 rings (SSSR count). The zero-order valence-corrected chi connectivity index (χ0v) is 12.2. The lowest BCUT2D eigenvalue weighted by atomic mass is 10.1. The molecule has 2 N–H and O–H groups in total. The van der Waals surface area contributed by atoms with Crippen LogP contribution in [0.15, 0.2) is 36.4 Å². The summed E-state index contributed by atoms with van der Waals surface area (Å²) in [5.74, 6) is -1.32. The van der Waals surface area contributed by atoms with Gasteiger partial charge in [0.25, 0.3) is 5.91 Å². The quantitative estimate of drug-likeness (QED) is 0.907. The molecule has 1 aromatic heterocycles. The number of hydrogen-bond donors (Lipinski definition) is 2. The fraction of sp³-hybridized carbons (Fsp3) is 0.143. The maximum Gasteiger partial charge on any atom is 0.345 e. The predicted octanol–water partition coefficient (Wildman–Crippen LogP) is 3.59. The summed E-state index contributed by atoms with van der Waals surface area (Å²) in [7, 11) is 0. The molecule has 6 heteroatoms. The van der Waals surface area contributed by atoms with Crippen molar-refractivity contribution in [1.82, 2.24) is 5.32 Å². The maximum atomic E-state index is 12.0. The van der Waals surface area contributed by atoms with Crippen LogP contribution in [0.3, 0.4) is 0 Å². The maximum absolute atomic E-state index is 12.0. The summed E-state index contributed by atoms with van der Waals surface area (Å²) in [6.07, 6.45) is 0. The zero-order valence-electron chi connectivity index (χ0n) is 10.6. The van der Waals surface area contributed by atoms with Crippen LogP contribution in [-0.2, 0) is 0 Å². The van der Waals surface area contributed by atoms with Crippen LogP contribution in [0.4, 0.5) is 0 Å². The van der Waals surface area contributed by atoms with Crippen LogP contribution in [0.5, 0.6) is 0 Å². The third-order valence-electron chi connectivity index (χ3n) is 2.76. The van der Waals surface area contributed by atoms with Crippen LogP contribution in [0, 0.1) is 0 Å². The Bertz CT molecular complexity index is 636.